The van der Waals surface area contributed by atoms with Gasteiger partial charge >= 0.3 is 12.1 Å². The lowest BCUT2D eigenvalue weighted by Crippen LogP contribution is -2.21. The van der Waals surface area contributed by atoms with Crippen LogP contribution >= 0.6 is 11.5 Å². The number of aryl methyl sites for hydroxylation is 1. The Hall–Kier alpha value is -3.97. The third kappa shape index (κ3) is 4.68. The summed E-state index contributed by atoms with van der Waals surface area (Å²) in [5, 5.41) is 2.98. The van der Waals surface area contributed by atoms with Crippen molar-refractivity contribution in [3.8, 4) is 21.6 Å². The molecule has 204 valence electrons. The molecule has 0 saturated heterocycles. The van der Waals surface area contributed by atoms with Crippen molar-refractivity contribution in [2.24, 2.45) is 0 Å². The number of esters is 1. The Balaban J connectivity index is 1.27. The molecule has 3 aromatic carbocycles. The highest BCUT2D eigenvalue weighted by Gasteiger charge is 2.52. The standard InChI is InChI=1S/C33H32N2O4S/c1-20-29(34-32(37)39-21(2)22-8-5-4-6-9-22)30(40-35-20)28-17-16-25(26-10-7-11-27(26)28)23-12-14-24(15-13-23)33(18-19-33)31(36)38-3/h4-6,8-9,12-17,21H,7,10-11,18-19H2,1-3H3,(H,34,37)/t21-/m1/s1. The van der Waals surface area contributed by atoms with Crippen LogP contribution in [-0.2, 0) is 32.5 Å². The highest BCUT2D eigenvalue weighted by molar-refractivity contribution is 7.10. The molecule has 2 aliphatic rings. The van der Waals surface area contributed by atoms with Crippen LogP contribution in [0.15, 0.2) is 66.7 Å². The first-order valence-corrected chi connectivity index (χ1v) is 14.5. The molecule has 1 saturated carbocycles. The Morgan fingerprint density at radius 1 is 0.950 bits per heavy atom. The zero-order valence-electron chi connectivity index (χ0n) is 23.0. The van der Waals surface area contributed by atoms with Gasteiger partial charge in [0.25, 0.3) is 0 Å². The van der Waals surface area contributed by atoms with E-state index < -0.39 is 11.5 Å². The van der Waals surface area contributed by atoms with E-state index in [2.05, 4.69) is 46.1 Å². The maximum atomic E-state index is 12.9. The molecule has 2 aliphatic carbocycles. The lowest BCUT2D eigenvalue weighted by molar-refractivity contribution is -0.143. The molecule has 1 N–H and O–H groups in total. The van der Waals surface area contributed by atoms with Gasteiger partial charge in [-0.3, -0.25) is 10.1 Å². The van der Waals surface area contributed by atoms with E-state index in [0.29, 0.717) is 5.69 Å². The van der Waals surface area contributed by atoms with Crippen LogP contribution in [0.25, 0.3) is 21.6 Å². The number of anilines is 1. The number of fused-ring (bicyclic) bond motifs is 1. The molecular formula is C33H32N2O4S. The molecule has 1 fully saturated rings. The van der Waals surface area contributed by atoms with Crippen molar-refractivity contribution in [3.63, 3.8) is 0 Å². The normalized spacial score (nSPS) is 15.7. The van der Waals surface area contributed by atoms with Crippen LogP contribution in [-0.4, -0.2) is 23.5 Å². The van der Waals surface area contributed by atoms with E-state index in [0.717, 1.165) is 64.9 Å². The SMILES string of the molecule is COC(=O)C1(c2ccc(-c3ccc(-c4snc(C)c4NC(=O)O[C@H](C)c4ccccc4)c4c3CCC4)cc2)CC1. The average Bonchev–Trinajstić information content (AvgIpc) is 3.51. The van der Waals surface area contributed by atoms with Gasteiger partial charge in [0, 0.05) is 0 Å². The van der Waals surface area contributed by atoms with Gasteiger partial charge in [0.05, 0.1) is 28.8 Å². The van der Waals surface area contributed by atoms with Crippen LogP contribution < -0.4 is 5.32 Å². The van der Waals surface area contributed by atoms with Gasteiger partial charge in [-0.2, -0.15) is 4.37 Å². The summed E-state index contributed by atoms with van der Waals surface area (Å²) in [6.45, 7) is 3.78. The fourth-order valence-corrected chi connectivity index (χ4v) is 6.77. The summed E-state index contributed by atoms with van der Waals surface area (Å²) in [4.78, 5) is 26.2. The molecule has 6 rings (SSSR count). The summed E-state index contributed by atoms with van der Waals surface area (Å²) in [5.41, 5.74) is 9.12. The molecule has 0 bridgehead atoms. The molecule has 1 atom stereocenters. The number of nitrogens with zero attached hydrogens (tertiary/aromatic N) is 1. The molecule has 1 amide bonds. The topological polar surface area (TPSA) is 77.5 Å². The first-order chi connectivity index (χ1) is 19.4. The van der Waals surface area contributed by atoms with Crippen molar-refractivity contribution in [2.75, 3.05) is 12.4 Å². The Bertz CT molecular complexity index is 1570. The fraction of sp³-hybridized carbons (Fsp3) is 0.303. The smallest absolute Gasteiger partial charge is 0.412 e. The zero-order valence-corrected chi connectivity index (χ0v) is 23.8. The Morgan fingerprint density at radius 3 is 2.30 bits per heavy atom. The molecule has 4 aromatic rings. The molecule has 0 radical (unpaired) electrons. The Labute approximate surface area is 238 Å². The van der Waals surface area contributed by atoms with E-state index in [9.17, 15) is 9.59 Å². The van der Waals surface area contributed by atoms with Crippen LogP contribution in [0.2, 0.25) is 0 Å². The van der Waals surface area contributed by atoms with Gasteiger partial charge in [-0.05, 0) is 96.4 Å². The maximum Gasteiger partial charge on any atom is 0.412 e. The van der Waals surface area contributed by atoms with E-state index in [1.807, 2.05) is 44.2 Å². The van der Waals surface area contributed by atoms with Crippen LogP contribution in [0, 0.1) is 6.92 Å². The van der Waals surface area contributed by atoms with Crippen molar-refractivity contribution in [1.82, 2.24) is 4.37 Å². The second-order valence-electron chi connectivity index (χ2n) is 10.7. The van der Waals surface area contributed by atoms with Gasteiger partial charge < -0.3 is 9.47 Å². The van der Waals surface area contributed by atoms with Gasteiger partial charge in [0.1, 0.15) is 6.10 Å². The van der Waals surface area contributed by atoms with Gasteiger partial charge in [-0.25, -0.2) is 4.79 Å². The molecule has 0 spiro atoms. The maximum absolute atomic E-state index is 12.9. The van der Waals surface area contributed by atoms with Crippen molar-refractivity contribution in [1.29, 1.82) is 0 Å². The molecule has 40 heavy (non-hydrogen) atoms. The van der Waals surface area contributed by atoms with E-state index >= 15 is 0 Å². The van der Waals surface area contributed by atoms with Crippen LogP contribution in [0.5, 0.6) is 0 Å². The van der Waals surface area contributed by atoms with Gasteiger partial charge in [0.2, 0.25) is 0 Å². The molecular weight excluding hydrogens is 520 g/mol. The highest BCUT2D eigenvalue weighted by Crippen LogP contribution is 2.50. The quantitative estimate of drug-likeness (QED) is 0.237. The van der Waals surface area contributed by atoms with Crippen molar-refractivity contribution in [3.05, 3.63) is 94.7 Å². The van der Waals surface area contributed by atoms with Crippen LogP contribution in [0.1, 0.15) is 60.2 Å². The third-order valence-electron chi connectivity index (χ3n) is 8.25. The first kappa shape index (κ1) is 26.3. The molecule has 0 aliphatic heterocycles. The number of methoxy groups -OCH3 is 1. The number of hydrogen-bond donors (Lipinski definition) is 1. The highest BCUT2D eigenvalue weighted by atomic mass is 32.1. The monoisotopic (exact) mass is 552 g/mol. The number of carbonyl (C=O) groups excluding carboxylic acids is 2. The molecule has 7 heteroatoms. The first-order valence-electron chi connectivity index (χ1n) is 13.7. The molecule has 0 unspecified atom stereocenters. The molecule has 6 nitrogen and oxygen atoms in total. The lowest BCUT2D eigenvalue weighted by Gasteiger charge is -2.17. The second-order valence-corrected chi connectivity index (χ2v) is 11.5. The number of hydrogen-bond acceptors (Lipinski definition) is 6. The predicted molar refractivity (Wildman–Crippen MR) is 158 cm³/mol. The number of nitrogens with one attached hydrogen (secondary N) is 1. The minimum Gasteiger partial charge on any atom is -0.468 e. The second kappa shape index (κ2) is 10.5. The molecule has 1 heterocycles. The van der Waals surface area contributed by atoms with Gasteiger partial charge in [-0.15, -0.1) is 0 Å². The minimum absolute atomic E-state index is 0.145. The number of ether oxygens (including phenoxy) is 2. The van der Waals surface area contributed by atoms with Crippen LogP contribution in [0.4, 0.5) is 10.5 Å². The number of amides is 1. The number of carbonyl (C=O) groups is 2. The summed E-state index contributed by atoms with van der Waals surface area (Å²) in [7, 11) is 1.46. The van der Waals surface area contributed by atoms with Crippen molar-refractivity contribution in [2.45, 2.75) is 57.5 Å². The van der Waals surface area contributed by atoms with E-state index in [1.165, 1.54) is 35.3 Å². The number of rotatable bonds is 7. The van der Waals surface area contributed by atoms with E-state index in [-0.39, 0.29) is 12.1 Å². The van der Waals surface area contributed by atoms with Crippen molar-refractivity contribution >= 4 is 29.3 Å². The van der Waals surface area contributed by atoms with E-state index in [1.54, 1.807) is 0 Å². The van der Waals surface area contributed by atoms with E-state index in [4.69, 9.17) is 9.47 Å². The average molecular weight is 553 g/mol. The third-order valence-corrected chi connectivity index (χ3v) is 9.22. The largest absolute Gasteiger partial charge is 0.468 e. The summed E-state index contributed by atoms with van der Waals surface area (Å²) in [5.74, 6) is -0.145. The predicted octanol–water partition coefficient (Wildman–Crippen LogP) is 7.79. The Morgan fingerprint density at radius 2 is 1.62 bits per heavy atom. The summed E-state index contributed by atoms with van der Waals surface area (Å²) < 4.78 is 15.3. The van der Waals surface area contributed by atoms with Gasteiger partial charge in [-0.1, -0.05) is 66.7 Å². The summed E-state index contributed by atoms with van der Waals surface area (Å²) in [6.07, 6.45) is 3.89. The summed E-state index contributed by atoms with van der Waals surface area (Å²) in [6, 6.07) is 22.4. The number of aromatic nitrogens is 1. The molecule has 1 aromatic heterocycles. The lowest BCUT2D eigenvalue weighted by atomic mass is 9.90. The number of benzene rings is 3. The zero-order chi connectivity index (χ0) is 27.9. The summed E-state index contributed by atoms with van der Waals surface area (Å²) >= 11 is 1.41. The van der Waals surface area contributed by atoms with Crippen LogP contribution in [0.3, 0.4) is 0 Å². The van der Waals surface area contributed by atoms with Gasteiger partial charge in [0.15, 0.2) is 0 Å². The minimum atomic E-state index is -0.491. The Kier molecular flexibility index (Phi) is 6.92. The fourth-order valence-electron chi connectivity index (χ4n) is 5.87. The van der Waals surface area contributed by atoms with Crippen molar-refractivity contribution < 1.29 is 19.1 Å².